The van der Waals surface area contributed by atoms with Gasteiger partial charge in [0.25, 0.3) is 0 Å². The minimum atomic E-state index is 0.119. The smallest absolute Gasteiger partial charge is 0.208 e. The van der Waals surface area contributed by atoms with Crippen LogP contribution in [0.1, 0.15) is 26.7 Å². The molecule has 0 radical (unpaired) electrons. The molecule has 0 saturated carbocycles. The van der Waals surface area contributed by atoms with Gasteiger partial charge in [0.2, 0.25) is 5.13 Å². The molecule has 0 spiro atoms. The largest absolute Gasteiger partial charge is 0.489 e. The first-order valence-corrected chi connectivity index (χ1v) is 9.90. The van der Waals surface area contributed by atoms with Crippen LogP contribution in [0.4, 0.5) is 16.6 Å². The van der Waals surface area contributed by atoms with Crippen LogP contribution in [0.5, 0.6) is 5.75 Å². The summed E-state index contributed by atoms with van der Waals surface area (Å²) in [7, 11) is 0. The minimum absolute atomic E-state index is 0.119. The molecule has 27 heavy (non-hydrogen) atoms. The van der Waals surface area contributed by atoms with E-state index in [2.05, 4.69) is 35.6 Å². The van der Waals surface area contributed by atoms with Gasteiger partial charge in [-0.3, -0.25) is 0 Å². The average Bonchev–Trinajstić information content (AvgIpc) is 3.35. The SMILES string of the molecule is CC(C)Oc1ccc(-c2nsc(Nc3ncccc3N3CCCC3)n2)nc1. The number of nitrogens with zero attached hydrogens (tertiary/aromatic N) is 5. The number of rotatable bonds is 6. The molecule has 1 saturated heterocycles. The van der Waals surface area contributed by atoms with Gasteiger partial charge in [-0.25, -0.2) is 9.97 Å². The third-order valence-corrected chi connectivity index (χ3v) is 4.85. The molecule has 0 atom stereocenters. The van der Waals surface area contributed by atoms with E-state index in [1.165, 1.54) is 24.4 Å². The van der Waals surface area contributed by atoms with Gasteiger partial charge < -0.3 is 15.0 Å². The summed E-state index contributed by atoms with van der Waals surface area (Å²) >= 11 is 1.30. The van der Waals surface area contributed by atoms with Gasteiger partial charge in [-0.15, -0.1) is 0 Å². The maximum absolute atomic E-state index is 5.63. The van der Waals surface area contributed by atoms with Crippen LogP contribution < -0.4 is 15.0 Å². The van der Waals surface area contributed by atoms with E-state index in [1.54, 1.807) is 12.4 Å². The van der Waals surface area contributed by atoms with Crippen molar-refractivity contribution < 1.29 is 4.74 Å². The van der Waals surface area contributed by atoms with Crippen molar-refractivity contribution in [2.75, 3.05) is 23.3 Å². The highest BCUT2D eigenvalue weighted by molar-refractivity contribution is 7.09. The number of hydrogen-bond donors (Lipinski definition) is 1. The number of anilines is 3. The Morgan fingerprint density at radius 2 is 2.00 bits per heavy atom. The van der Waals surface area contributed by atoms with Crippen LogP contribution in [-0.2, 0) is 0 Å². The topological polar surface area (TPSA) is 76.1 Å². The summed E-state index contributed by atoms with van der Waals surface area (Å²) in [6.07, 6.45) is 6.06. The van der Waals surface area contributed by atoms with E-state index in [4.69, 9.17) is 4.74 Å². The lowest BCUT2D eigenvalue weighted by molar-refractivity contribution is 0.241. The van der Waals surface area contributed by atoms with Crippen LogP contribution in [0.25, 0.3) is 11.5 Å². The van der Waals surface area contributed by atoms with Gasteiger partial charge in [0.05, 0.1) is 18.0 Å². The number of nitrogens with one attached hydrogen (secondary N) is 1. The summed E-state index contributed by atoms with van der Waals surface area (Å²) in [4.78, 5) is 15.8. The molecule has 1 N–H and O–H groups in total. The molecule has 1 fully saturated rings. The van der Waals surface area contributed by atoms with Crippen LogP contribution in [0, 0.1) is 0 Å². The van der Waals surface area contributed by atoms with Gasteiger partial charge in [-0.1, -0.05) is 0 Å². The monoisotopic (exact) mass is 382 g/mol. The highest BCUT2D eigenvalue weighted by atomic mass is 32.1. The Morgan fingerprint density at radius 1 is 1.15 bits per heavy atom. The third kappa shape index (κ3) is 4.16. The second kappa shape index (κ2) is 7.87. The molecule has 0 unspecified atom stereocenters. The fraction of sp³-hybridized carbons (Fsp3) is 0.368. The molecule has 3 aromatic rings. The van der Waals surface area contributed by atoms with Crippen LogP contribution in [0.2, 0.25) is 0 Å². The van der Waals surface area contributed by atoms with Crippen LogP contribution in [0.15, 0.2) is 36.7 Å². The van der Waals surface area contributed by atoms with E-state index < -0.39 is 0 Å². The van der Waals surface area contributed by atoms with Gasteiger partial charge in [0, 0.05) is 30.8 Å². The lowest BCUT2D eigenvalue weighted by atomic mass is 10.3. The van der Waals surface area contributed by atoms with Gasteiger partial charge >= 0.3 is 0 Å². The molecular formula is C19H22N6OS. The first-order valence-electron chi connectivity index (χ1n) is 9.13. The molecule has 140 valence electrons. The van der Waals surface area contributed by atoms with Crippen molar-refractivity contribution in [2.24, 2.45) is 0 Å². The second-order valence-electron chi connectivity index (χ2n) is 6.66. The zero-order valence-corrected chi connectivity index (χ0v) is 16.2. The van der Waals surface area contributed by atoms with E-state index in [0.29, 0.717) is 11.0 Å². The van der Waals surface area contributed by atoms with Gasteiger partial charge in [-0.05, 0) is 51.0 Å². The van der Waals surface area contributed by atoms with Crippen LogP contribution in [0.3, 0.4) is 0 Å². The summed E-state index contributed by atoms with van der Waals surface area (Å²) < 4.78 is 10.0. The molecule has 3 aromatic heterocycles. The van der Waals surface area contributed by atoms with Crippen LogP contribution in [-0.4, -0.2) is 38.5 Å². The van der Waals surface area contributed by atoms with Crippen molar-refractivity contribution in [1.82, 2.24) is 19.3 Å². The third-order valence-electron chi connectivity index (χ3n) is 4.22. The van der Waals surface area contributed by atoms with Crippen molar-refractivity contribution in [1.29, 1.82) is 0 Å². The maximum atomic E-state index is 5.63. The predicted molar refractivity (Wildman–Crippen MR) is 108 cm³/mol. The fourth-order valence-electron chi connectivity index (χ4n) is 3.04. The van der Waals surface area contributed by atoms with E-state index in [1.807, 2.05) is 32.0 Å². The Balaban J connectivity index is 1.50. The van der Waals surface area contributed by atoms with Crippen molar-refractivity contribution >= 4 is 28.2 Å². The van der Waals surface area contributed by atoms with E-state index in [0.717, 1.165) is 36.0 Å². The van der Waals surface area contributed by atoms with Crippen molar-refractivity contribution in [3.63, 3.8) is 0 Å². The van der Waals surface area contributed by atoms with Gasteiger partial charge in [0.1, 0.15) is 11.4 Å². The fourth-order valence-corrected chi connectivity index (χ4v) is 3.62. The molecule has 8 heteroatoms. The average molecular weight is 382 g/mol. The maximum Gasteiger partial charge on any atom is 0.208 e. The Labute approximate surface area is 162 Å². The highest BCUT2D eigenvalue weighted by Crippen LogP contribution is 2.30. The lowest BCUT2D eigenvalue weighted by Crippen LogP contribution is -2.19. The number of aromatic nitrogens is 4. The summed E-state index contributed by atoms with van der Waals surface area (Å²) in [6.45, 7) is 6.11. The summed E-state index contributed by atoms with van der Waals surface area (Å²) in [6, 6.07) is 7.83. The number of hydrogen-bond acceptors (Lipinski definition) is 8. The summed E-state index contributed by atoms with van der Waals surface area (Å²) in [5.41, 5.74) is 1.83. The van der Waals surface area contributed by atoms with Gasteiger partial charge in [0.15, 0.2) is 11.6 Å². The number of ether oxygens (including phenoxy) is 1. The molecule has 1 aliphatic rings. The van der Waals surface area contributed by atoms with Crippen molar-refractivity contribution in [3.8, 4) is 17.3 Å². The molecular weight excluding hydrogens is 360 g/mol. The van der Waals surface area contributed by atoms with E-state index in [9.17, 15) is 0 Å². The predicted octanol–water partition coefficient (Wildman–Crippen LogP) is 4.13. The highest BCUT2D eigenvalue weighted by Gasteiger charge is 2.17. The van der Waals surface area contributed by atoms with Crippen molar-refractivity contribution in [2.45, 2.75) is 32.8 Å². The molecule has 4 heterocycles. The second-order valence-corrected chi connectivity index (χ2v) is 7.41. The Kier molecular flexibility index (Phi) is 5.15. The van der Waals surface area contributed by atoms with Crippen LogP contribution >= 0.6 is 11.5 Å². The summed E-state index contributed by atoms with van der Waals surface area (Å²) in [5, 5.41) is 4.02. The molecule has 0 aromatic carbocycles. The molecule has 0 amide bonds. The zero-order valence-electron chi connectivity index (χ0n) is 15.4. The van der Waals surface area contributed by atoms with Gasteiger partial charge in [-0.2, -0.15) is 9.36 Å². The minimum Gasteiger partial charge on any atom is -0.489 e. The molecule has 0 bridgehead atoms. The first kappa shape index (κ1) is 17.7. The Morgan fingerprint density at radius 3 is 2.74 bits per heavy atom. The number of pyridine rings is 2. The summed E-state index contributed by atoms with van der Waals surface area (Å²) in [5.74, 6) is 2.15. The molecule has 7 nitrogen and oxygen atoms in total. The first-order chi connectivity index (χ1) is 13.2. The Hall–Kier alpha value is -2.74. The molecule has 4 rings (SSSR count). The quantitative estimate of drug-likeness (QED) is 0.687. The standard InChI is InChI=1S/C19H22N6OS/c1-13(2)26-14-7-8-15(21-12-14)17-22-19(27-24-17)23-18-16(6-5-9-20-18)25-10-3-4-11-25/h5-9,12-13H,3-4,10-11H2,1-2H3,(H,20,22,23,24). The zero-order chi connectivity index (χ0) is 18.6. The van der Waals surface area contributed by atoms with Crippen molar-refractivity contribution in [3.05, 3.63) is 36.7 Å². The normalized spacial score (nSPS) is 14.0. The van der Waals surface area contributed by atoms with E-state index >= 15 is 0 Å². The molecule has 0 aliphatic carbocycles. The Bertz CT molecular complexity index is 889. The lowest BCUT2D eigenvalue weighted by Gasteiger charge is -2.20. The molecule has 1 aliphatic heterocycles. The van der Waals surface area contributed by atoms with E-state index in [-0.39, 0.29) is 6.10 Å².